The fourth-order valence-corrected chi connectivity index (χ4v) is 2.86. The molecule has 1 aromatic rings. The molecule has 1 heterocycles. The van der Waals surface area contributed by atoms with Gasteiger partial charge in [0.05, 0.1) is 0 Å². The zero-order valence-electron chi connectivity index (χ0n) is 12.3. The number of hydrogen-bond donors (Lipinski definition) is 1. The maximum atomic E-state index is 12.6. The molecule has 0 fully saturated rings. The highest BCUT2D eigenvalue weighted by Crippen LogP contribution is 2.21. The van der Waals surface area contributed by atoms with Crippen LogP contribution in [0, 0.1) is 0 Å². The van der Waals surface area contributed by atoms with Gasteiger partial charge in [-0.1, -0.05) is 20.3 Å². The number of aromatic nitrogens is 1. The van der Waals surface area contributed by atoms with Crippen LogP contribution in [0.1, 0.15) is 56.4 Å². The first-order chi connectivity index (χ1) is 9.27. The van der Waals surface area contributed by atoms with E-state index in [2.05, 4.69) is 29.8 Å². The monoisotopic (exact) mass is 262 g/mol. The molecule has 0 amide bonds. The van der Waals surface area contributed by atoms with Crippen molar-refractivity contribution >= 4 is 0 Å². The van der Waals surface area contributed by atoms with E-state index in [-0.39, 0.29) is 5.56 Å². The lowest BCUT2D eigenvalue weighted by Crippen LogP contribution is -2.30. The molecule has 3 nitrogen and oxygen atoms in total. The summed E-state index contributed by atoms with van der Waals surface area (Å²) in [5.41, 5.74) is 3.89. The molecule has 0 aliphatic heterocycles. The number of aryl methyl sites for hydroxylation is 1. The molecule has 0 radical (unpaired) electrons. The summed E-state index contributed by atoms with van der Waals surface area (Å²) < 4.78 is 2.05. The maximum absolute atomic E-state index is 12.6. The molecule has 1 N–H and O–H groups in total. The number of fused-ring (bicyclic) bond motifs is 1. The third-order valence-electron chi connectivity index (χ3n) is 3.90. The van der Waals surface area contributed by atoms with E-state index >= 15 is 0 Å². The van der Waals surface area contributed by atoms with Crippen LogP contribution in [-0.2, 0) is 25.9 Å². The van der Waals surface area contributed by atoms with E-state index in [0.717, 1.165) is 50.8 Å². The molecular formula is C16H26N2O. The fourth-order valence-electron chi connectivity index (χ4n) is 2.86. The van der Waals surface area contributed by atoms with Crippen molar-refractivity contribution in [1.29, 1.82) is 0 Å². The van der Waals surface area contributed by atoms with Gasteiger partial charge in [-0.3, -0.25) is 4.79 Å². The number of nitrogens with one attached hydrogen (secondary N) is 1. The normalized spacial score (nSPS) is 13.8. The van der Waals surface area contributed by atoms with Crippen molar-refractivity contribution in [2.75, 3.05) is 6.54 Å². The zero-order valence-corrected chi connectivity index (χ0v) is 12.3. The van der Waals surface area contributed by atoms with Crippen LogP contribution in [-0.4, -0.2) is 11.1 Å². The van der Waals surface area contributed by atoms with E-state index in [9.17, 15) is 4.79 Å². The van der Waals surface area contributed by atoms with Crippen LogP contribution in [0.5, 0.6) is 0 Å². The predicted molar refractivity (Wildman–Crippen MR) is 79.6 cm³/mol. The summed E-state index contributed by atoms with van der Waals surface area (Å²) in [6.45, 7) is 6.91. The first kappa shape index (κ1) is 14.3. The molecule has 0 atom stereocenters. The minimum absolute atomic E-state index is 0.234. The molecule has 2 rings (SSSR count). The second-order valence-electron chi connectivity index (χ2n) is 5.48. The SMILES string of the molecule is CCCCn1c2c(cc(CNCCC)c1=O)CCC2. The van der Waals surface area contributed by atoms with Crippen LogP contribution in [0.15, 0.2) is 10.9 Å². The average Bonchev–Trinajstić information content (AvgIpc) is 2.86. The number of nitrogens with zero attached hydrogens (tertiary/aromatic N) is 1. The summed E-state index contributed by atoms with van der Waals surface area (Å²) in [4.78, 5) is 12.6. The van der Waals surface area contributed by atoms with Crippen molar-refractivity contribution in [3.8, 4) is 0 Å². The summed E-state index contributed by atoms with van der Waals surface area (Å²) >= 11 is 0. The highest BCUT2D eigenvalue weighted by atomic mass is 16.1. The lowest BCUT2D eigenvalue weighted by Gasteiger charge is -2.14. The molecule has 106 valence electrons. The zero-order chi connectivity index (χ0) is 13.7. The molecule has 0 unspecified atom stereocenters. The summed E-state index contributed by atoms with van der Waals surface area (Å²) in [6.07, 6.45) is 6.76. The number of rotatable bonds is 7. The van der Waals surface area contributed by atoms with Gasteiger partial charge in [0.1, 0.15) is 0 Å². The molecule has 1 aliphatic rings. The molecule has 0 saturated heterocycles. The van der Waals surface area contributed by atoms with Crippen molar-refractivity contribution in [2.24, 2.45) is 0 Å². The Kier molecular flexibility index (Phi) is 5.20. The number of pyridine rings is 1. The van der Waals surface area contributed by atoms with Gasteiger partial charge in [0, 0.05) is 24.3 Å². The van der Waals surface area contributed by atoms with Gasteiger partial charge in [0.25, 0.3) is 5.56 Å². The van der Waals surface area contributed by atoms with E-state index in [1.807, 2.05) is 0 Å². The van der Waals surface area contributed by atoms with E-state index < -0.39 is 0 Å². The van der Waals surface area contributed by atoms with Gasteiger partial charge < -0.3 is 9.88 Å². The number of hydrogen-bond acceptors (Lipinski definition) is 2. The lowest BCUT2D eigenvalue weighted by atomic mass is 10.1. The Labute approximate surface area is 116 Å². The number of unbranched alkanes of at least 4 members (excludes halogenated alkanes) is 1. The molecule has 0 spiro atoms. The van der Waals surface area contributed by atoms with Crippen LogP contribution >= 0.6 is 0 Å². The summed E-state index contributed by atoms with van der Waals surface area (Å²) in [5, 5.41) is 3.35. The Bertz CT molecular complexity index is 476. The molecule has 3 heteroatoms. The van der Waals surface area contributed by atoms with Crippen molar-refractivity contribution in [1.82, 2.24) is 9.88 Å². The third kappa shape index (κ3) is 3.27. The summed E-state index contributed by atoms with van der Waals surface area (Å²) in [6, 6.07) is 2.15. The molecule has 0 bridgehead atoms. The van der Waals surface area contributed by atoms with Gasteiger partial charge in [-0.2, -0.15) is 0 Å². The second-order valence-corrected chi connectivity index (χ2v) is 5.48. The Morgan fingerprint density at radius 2 is 2.11 bits per heavy atom. The minimum Gasteiger partial charge on any atom is -0.312 e. The van der Waals surface area contributed by atoms with Gasteiger partial charge in [0.15, 0.2) is 0 Å². The van der Waals surface area contributed by atoms with Gasteiger partial charge in [-0.15, -0.1) is 0 Å². The average molecular weight is 262 g/mol. The van der Waals surface area contributed by atoms with E-state index in [1.54, 1.807) is 0 Å². The Morgan fingerprint density at radius 3 is 2.84 bits per heavy atom. The van der Waals surface area contributed by atoms with Gasteiger partial charge in [0.2, 0.25) is 0 Å². The van der Waals surface area contributed by atoms with Crippen molar-refractivity contribution in [3.05, 3.63) is 33.2 Å². The molecule has 19 heavy (non-hydrogen) atoms. The first-order valence-corrected chi connectivity index (χ1v) is 7.73. The first-order valence-electron chi connectivity index (χ1n) is 7.73. The van der Waals surface area contributed by atoms with Crippen molar-refractivity contribution in [3.63, 3.8) is 0 Å². The van der Waals surface area contributed by atoms with Gasteiger partial charge >= 0.3 is 0 Å². The van der Waals surface area contributed by atoms with Crippen molar-refractivity contribution < 1.29 is 0 Å². The van der Waals surface area contributed by atoms with E-state index in [4.69, 9.17) is 0 Å². The second kappa shape index (κ2) is 6.90. The standard InChI is InChI=1S/C16H26N2O/c1-3-5-10-18-15-8-6-7-13(15)11-14(16(18)19)12-17-9-4-2/h11,17H,3-10,12H2,1-2H3. The largest absolute Gasteiger partial charge is 0.312 e. The van der Waals surface area contributed by atoms with Crippen LogP contribution < -0.4 is 10.9 Å². The van der Waals surface area contributed by atoms with Crippen LogP contribution in [0.3, 0.4) is 0 Å². The van der Waals surface area contributed by atoms with Crippen LogP contribution in [0.2, 0.25) is 0 Å². The van der Waals surface area contributed by atoms with Crippen LogP contribution in [0.4, 0.5) is 0 Å². The molecule has 0 aromatic carbocycles. The summed E-state index contributed by atoms with van der Waals surface area (Å²) in [5.74, 6) is 0. The molecule has 1 aliphatic carbocycles. The Morgan fingerprint density at radius 1 is 1.26 bits per heavy atom. The van der Waals surface area contributed by atoms with Gasteiger partial charge in [-0.05, 0) is 50.3 Å². The lowest BCUT2D eigenvalue weighted by molar-refractivity contribution is 0.578. The van der Waals surface area contributed by atoms with E-state index in [0.29, 0.717) is 6.54 Å². The highest BCUT2D eigenvalue weighted by molar-refractivity contribution is 5.30. The third-order valence-corrected chi connectivity index (χ3v) is 3.90. The maximum Gasteiger partial charge on any atom is 0.255 e. The Hall–Kier alpha value is -1.09. The smallest absolute Gasteiger partial charge is 0.255 e. The van der Waals surface area contributed by atoms with Gasteiger partial charge in [-0.25, -0.2) is 0 Å². The Balaban J connectivity index is 2.27. The quantitative estimate of drug-likeness (QED) is 0.767. The summed E-state index contributed by atoms with van der Waals surface area (Å²) in [7, 11) is 0. The predicted octanol–water partition coefficient (Wildman–Crippen LogP) is 2.64. The topological polar surface area (TPSA) is 34.0 Å². The van der Waals surface area contributed by atoms with E-state index in [1.165, 1.54) is 17.7 Å². The highest BCUT2D eigenvalue weighted by Gasteiger charge is 2.18. The minimum atomic E-state index is 0.234. The van der Waals surface area contributed by atoms with Crippen LogP contribution in [0.25, 0.3) is 0 Å². The molecule has 0 saturated carbocycles. The molecular weight excluding hydrogens is 236 g/mol. The fraction of sp³-hybridized carbons (Fsp3) is 0.688. The molecule has 1 aromatic heterocycles. The van der Waals surface area contributed by atoms with Crippen molar-refractivity contribution in [2.45, 2.75) is 65.5 Å².